The molecule has 1 saturated carbocycles. The molecule has 2 N–H and O–H groups in total. The topological polar surface area (TPSA) is 50.1 Å². The van der Waals surface area contributed by atoms with E-state index in [9.17, 15) is 5.11 Å². The molecule has 0 spiro atoms. The number of nitrogens with zero attached hydrogens (tertiary/aromatic N) is 2. The minimum Gasteiger partial charge on any atom is -0.387 e. The van der Waals surface area contributed by atoms with Gasteiger partial charge in [-0.3, -0.25) is 4.68 Å². The van der Waals surface area contributed by atoms with Crippen LogP contribution in [0.5, 0.6) is 0 Å². The third kappa shape index (κ3) is 2.62. The lowest BCUT2D eigenvalue weighted by molar-refractivity contribution is 0.167. The zero-order chi connectivity index (χ0) is 11.5. The molecule has 4 nitrogen and oxygen atoms in total. The van der Waals surface area contributed by atoms with E-state index in [-0.39, 0.29) is 0 Å². The Morgan fingerprint density at radius 3 is 3.00 bits per heavy atom. The Kier molecular flexibility index (Phi) is 3.61. The van der Waals surface area contributed by atoms with Crippen molar-refractivity contribution in [1.29, 1.82) is 0 Å². The Labute approximate surface area is 96.7 Å². The number of nitrogens with one attached hydrogen (secondary N) is 1. The summed E-state index contributed by atoms with van der Waals surface area (Å²) in [6.45, 7) is 2.90. The van der Waals surface area contributed by atoms with E-state index >= 15 is 0 Å². The van der Waals surface area contributed by atoms with E-state index in [0.717, 1.165) is 11.5 Å². The van der Waals surface area contributed by atoms with Gasteiger partial charge < -0.3 is 10.4 Å². The van der Waals surface area contributed by atoms with Gasteiger partial charge in [-0.2, -0.15) is 5.10 Å². The van der Waals surface area contributed by atoms with Gasteiger partial charge >= 0.3 is 0 Å². The molecule has 1 aliphatic rings. The van der Waals surface area contributed by atoms with Gasteiger partial charge in [0.25, 0.3) is 0 Å². The fourth-order valence-electron chi connectivity index (χ4n) is 2.44. The lowest BCUT2D eigenvalue weighted by Gasteiger charge is -2.19. The molecule has 0 saturated heterocycles. The van der Waals surface area contributed by atoms with Crippen LogP contribution in [0.3, 0.4) is 0 Å². The first kappa shape index (κ1) is 11.6. The van der Waals surface area contributed by atoms with E-state index in [1.807, 2.05) is 13.2 Å². The van der Waals surface area contributed by atoms with E-state index in [4.69, 9.17) is 0 Å². The Morgan fingerprint density at radius 1 is 1.62 bits per heavy atom. The third-order valence-corrected chi connectivity index (χ3v) is 3.54. The number of aliphatic hydroxyl groups is 1. The van der Waals surface area contributed by atoms with Crippen molar-refractivity contribution in [2.24, 2.45) is 13.0 Å². The van der Waals surface area contributed by atoms with Gasteiger partial charge in [0.2, 0.25) is 0 Å². The Bertz CT molecular complexity index is 337. The van der Waals surface area contributed by atoms with Crippen molar-refractivity contribution < 1.29 is 5.11 Å². The molecule has 90 valence electrons. The highest BCUT2D eigenvalue weighted by Gasteiger charge is 2.23. The lowest BCUT2D eigenvalue weighted by atomic mass is 10.1. The highest BCUT2D eigenvalue weighted by Crippen LogP contribution is 2.25. The third-order valence-electron chi connectivity index (χ3n) is 3.54. The fraction of sp³-hybridized carbons (Fsp3) is 0.750. The summed E-state index contributed by atoms with van der Waals surface area (Å²) in [4.78, 5) is 0. The smallest absolute Gasteiger partial charge is 0.0944 e. The van der Waals surface area contributed by atoms with E-state index in [2.05, 4.69) is 17.3 Å². The van der Waals surface area contributed by atoms with Gasteiger partial charge in [-0.05, 0) is 18.8 Å². The standard InChI is InChI=1S/C12H21N3O/c1-9-4-3-5-11(9)13-7-12(16)10-6-14-15(2)8-10/h6,8-9,11-13,16H,3-5,7H2,1-2H3. The van der Waals surface area contributed by atoms with E-state index in [0.29, 0.717) is 12.6 Å². The molecule has 1 fully saturated rings. The zero-order valence-corrected chi connectivity index (χ0v) is 10.1. The van der Waals surface area contributed by atoms with Crippen LogP contribution in [0.4, 0.5) is 0 Å². The summed E-state index contributed by atoms with van der Waals surface area (Å²) in [5.41, 5.74) is 0.889. The van der Waals surface area contributed by atoms with Crippen LogP contribution in [-0.2, 0) is 7.05 Å². The average molecular weight is 223 g/mol. The van der Waals surface area contributed by atoms with Crippen LogP contribution in [0.25, 0.3) is 0 Å². The number of rotatable bonds is 4. The van der Waals surface area contributed by atoms with Crippen molar-refractivity contribution in [3.05, 3.63) is 18.0 Å². The minimum atomic E-state index is -0.443. The lowest BCUT2D eigenvalue weighted by Crippen LogP contribution is -2.34. The summed E-state index contributed by atoms with van der Waals surface area (Å²) in [6.07, 6.45) is 7.00. The first-order chi connectivity index (χ1) is 7.66. The van der Waals surface area contributed by atoms with Crippen LogP contribution in [0.2, 0.25) is 0 Å². The van der Waals surface area contributed by atoms with Crippen molar-refractivity contribution in [2.45, 2.75) is 38.3 Å². The fourth-order valence-corrected chi connectivity index (χ4v) is 2.44. The van der Waals surface area contributed by atoms with Crippen LogP contribution in [0.15, 0.2) is 12.4 Å². The van der Waals surface area contributed by atoms with E-state index < -0.39 is 6.10 Å². The quantitative estimate of drug-likeness (QED) is 0.807. The van der Waals surface area contributed by atoms with Crippen LogP contribution in [0.1, 0.15) is 37.9 Å². The molecule has 0 amide bonds. The summed E-state index contributed by atoms with van der Waals surface area (Å²) in [6, 6.07) is 0.575. The monoisotopic (exact) mass is 223 g/mol. The van der Waals surface area contributed by atoms with Crippen molar-refractivity contribution in [3.63, 3.8) is 0 Å². The molecule has 0 bridgehead atoms. The molecule has 2 rings (SSSR count). The highest BCUT2D eigenvalue weighted by molar-refractivity contribution is 5.08. The number of aromatic nitrogens is 2. The summed E-state index contributed by atoms with van der Waals surface area (Å²) < 4.78 is 1.72. The maximum atomic E-state index is 9.96. The van der Waals surface area contributed by atoms with Gasteiger partial charge in [0.15, 0.2) is 0 Å². The second-order valence-electron chi connectivity index (χ2n) is 4.89. The summed E-state index contributed by atoms with van der Waals surface area (Å²) in [7, 11) is 1.86. The van der Waals surface area contributed by atoms with Crippen molar-refractivity contribution in [1.82, 2.24) is 15.1 Å². The summed E-state index contributed by atoms with van der Waals surface area (Å²) in [5, 5.41) is 17.5. The maximum Gasteiger partial charge on any atom is 0.0944 e. The molecule has 0 radical (unpaired) electrons. The molecule has 3 atom stereocenters. The van der Waals surface area contributed by atoms with Crippen LogP contribution in [-0.4, -0.2) is 27.5 Å². The number of aliphatic hydroxyl groups excluding tert-OH is 1. The Balaban J connectivity index is 1.81. The Hall–Kier alpha value is -0.870. The van der Waals surface area contributed by atoms with Crippen molar-refractivity contribution in [2.75, 3.05) is 6.54 Å². The number of hydrogen-bond acceptors (Lipinski definition) is 3. The molecular formula is C12H21N3O. The Morgan fingerprint density at radius 2 is 2.44 bits per heavy atom. The molecule has 4 heteroatoms. The second kappa shape index (κ2) is 4.97. The number of aryl methyl sites for hydroxylation is 1. The molecular weight excluding hydrogens is 202 g/mol. The molecule has 16 heavy (non-hydrogen) atoms. The van der Waals surface area contributed by atoms with Gasteiger partial charge in [-0.15, -0.1) is 0 Å². The largest absolute Gasteiger partial charge is 0.387 e. The van der Waals surface area contributed by atoms with Crippen LogP contribution >= 0.6 is 0 Å². The zero-order valence-electron chi connectivity index (χ0n) is 10.1. The van der Waals surface area contributed by atoms with Gasteiger partial charge in [-0.25, -0.2) is 0 Å². The van der Waals surface area contributed by atoms with E-state index in [1.165, 1.54) is 19.3 Å². The molecule has 0 aromatic carbocycles. The molecule has 1 aromatic heterocycles. The summed E-state index contributed by atoms with van der Waals surface area (Å²) in [5.74, 6) is 0.737. The molecule has 3 unspecified atom stereocenters. The normalized spacial score (nSPS) is 27.2. The predicted molar refractivity (Wildman–Crippen MR) is 63.0 cm³/mol. The van der Waals surface area contributed by atoms with Gasteiger partial charge in [0.1, 0.15) is 0 Å². The van der Waals surface area contributed by atoms with Crippen molar-refractivity contribution >= 4 is 0 Å². The second-order valence-corrected chi connectivity index (χ2v) is 4.89. The minimum absolute atomic E-state index is 0.443. The number of hydrogen-bond donors (Lipinski definition) is 2. The summed E-state index contributed by atoms with van der Waals surface area (Å²) >= 11 is 0. The SMILES string of the molecule is CC1CCCC1NCC(O)c1cnn(C)c1. The van der Waals surface area contributed by atoms with Gasteiger partial charge in [0, 0.05) is 31.4 Å². The van der Waals surface area contributed by atoms with Gasteiger partial charge in [-0.1, -0.05) is 13.3 Å². The first-order valence-electron chi connectivity index (χ1n) is 6.07. The average Bonchev–Trinajstić information content (AvgIpc) is 2.84. The van der Waals surface area contributed by atoms with Crippen molar-refractivity contribution in [3.8, 4) is 0 Å². The maximum absolute atomic E-state index is 9.96. The van der Waals surface area contributed by atoms with Gasteiger partial charge in [0.05, 0.1) is 12.3 Å². The molecule has 1 aliphatic carbocycles. The predicted octanol–water partition coefficient (Wildman–Crippen LogP) is 1.23. The van der Waals surface area contributed by atoms with E-state index in [1.54, 1.807) is 10.9 Å². The highest BCUT2D eigenvalue weighted by atomic mass is 16.3. The van der Waals surface area contributed by atoms with Crippen LogP contribution in [0, 0.1) is 5.92 Å². The molecule has 1 heterocycles. The molecule has 1 aromatic rings. The van der Waals surface area contributed by atoms with Crippen LogP contribution < -0.4 is 5.32 Å². The molecule has 0 aliphatic heterocycles. The first-order valence-corrected chi connectivity index (χ1v) is 6.07.